The van der Waals surface area contributed by atoms with Crippen molar-refractivity contribution in [3.8, 4) is 0 Å². The topological polar surface area (TPSA) is 92.8 Å². The van der Waals surface area contributed by atoms with Crippen LogP contribution in [-0.4, -0.2) is 47.8 Å². The second kappa shape index (κ2) is 8.76. The van der Waals surface area contributed by atoms with E-state index in [0.29, 0.717) is 12.0 Å². The molecule has 29 heavy (non-hydrogen) atoms. The van der Waals surface area contributed by atoms with Gasteiger partial charge in [-0.2, -0.15) is 0 Å². The molecule has 1 aliphatic carbocycles. The number of benzene rings is 1. The van der Waals surface area contributed by atoms with Crippen LogP contribution in [0.2, 0.25) is 0 Å². The van der Waals surface area contributed by atoms with Crippen LogP contribution in [0.5, 0.6) is 0 Å². The maximum absolute atomic E-state index is 12.9. The summed E-state index contributed by atoms with van der Waals surface area (Å²) >= 11 is 0. The average Bonchev–Trinajstić information content (AvgIpc) is 2.97. The van der Waals surface area contributed by atoms with E-state index in [1.807, 2.05) is 13.8 Å². The van der Waals surface area contributed by atoms with Crippen molar-refractivity contribution in [2.75, 3.05) is 7.11 Å². The predicted octanol–water partition coefficient (Wildman–Crippen LogP) is 2.93. The Balaban J connectivity index is 1.80. The fourth-order valence-corrected chi connectivity index (χ4v) is 4.14. The molecule has 0 saturated heterocycles. The van der Waals surface area contributed by atoms with Crippen molar-refractivity contribution in [2.24, 2.45) is 5.92 Å². The summed E-state index contributed by atoms with van der Waals surface area (Å²) in [5, 5.41) is 2.68. The molecule has 0 bridgehead atoms. The van der Waals surface area contributed by atoms with Gasteiger partial charge in [-0.1, -0.05) is 33.1 Å². The van der Waals surface area contributed by atoms with Crippen LogP contribution in [0.25, 0.3) is 0 Å². The molecule has 3 rings (SSSR count). The highest BCUT2D eigenvalue weighted by atomic mass is 16.5. The van der Waals surface area contributed by atoms with Gasteiger partial charge in [-0.25, -0.2) is 4.79 Å². The van der Waals surface area contributed by atoms with Crippen molar-refractivity contribution in [3.63, 3.8) is 0 Å². The van der Waals surface area contributed by atoms with Gasteiger partial charge in [-0.15, -0.1) is 0 Å². The zero-order valence-corrected chi connectivity index (χ0v) is 17.2. The molecule has 1 heterocycles. The molecular weight excluding hydrogens is 372 g/mol. The molecule has 0 spiro atoms. The number of methoxy groups -OCH3 is 1. The van der Waals surface area contributed by atoms with E-state index < -0.39 is 17.9 Å². The molecule has 1 fully saturated rings. The van der Waals surface area contributed by atoms with Gasteiger partial charge in [0.05, 0.1) is 18.2 Å². The van der Waals surface area contributed by atoms with Crippen molar-refractivity contribution >= 4 is 23.7 Å². The third-order valence-corrected chi connectivity index (χ3v) is 5.62. The highest BCUT2D eigenvalue weighted by Gasteiger charge is 2.40. The highest BCUT2D eigenvalue weighted by molar-refractivity contribution is 6.22. The number of imide groups is 1. The van der Waals surface area contributed by atoms with Gasteiger partial charge in [0.1, 0.15) is 6.04 Å². The van der Waals surface area contributed by atoms with E-state index in [1.54, 1.807) is 0 Å². The van der Waals surface area contributed by atoms with Gasteiger partial charge in [0, 0.05) is 11.6 Å². The van der Waals surface area contributed by atoms with E-state index in [2.05, 4.69) is 5.32 Å². The second-order valence-electron chi connectivity index (χ2n) is 8.21. The Morgan fingerprint density at radius 2 is 1.76 bits per heavy atom. The number of carbonyl (C=O) groups is 4. The molecule has 156 valence electrons. The smallest absolute Gasteiger partial charge is 0.328 e. The lowest BCUT2D eigenvalue weighted by Crippen LogP contribution is -2.42. The third kappa shape index (κ3) is 4.33. The maximum Gasteiger partial charge on any atom is 0.328 e. The van der Waals surface area contributed by atoms with Crippen molar-refractivity contribution in [1.82, 2.24) is 10.2 Å². The molecule has 3 amide bonds. The number of hydrogen-bond donors (Lipinski definition) is 1. The number of fused-ring (bicyclic) bond motifs is 1. The van der Waals surface area contributed by atoms with Crippen LogP contribution in [0.3, 0.4) is 0 Å². The van der Waals surface area contributed by atoms with Gasteiger partial charge < -0.3 is 10.1 Å². The van der Waals surface area contributed by atoms with E-state index in [9.17, 15) is 19.2 Å². The van der Waals surface area contributed by atoms with Gasteiger partial charge in [-0.05, 0) is 43.4 Å². The predicted molar refractivity (Wildman–Crippen MR) is 107 cm³/mol. The van der Waals surface area contributed by atoms with Gasteiger partial charge in [0.15, 0.2) is 0 Å². The van der Waals surface area contributed by atoms with E-state index in [0.717, 1.165) is 32.1 Å². The second-order valence-corrected chi connectivity index (χ2v) is 8.21. The van der Waals surface area contributed by atoms with Crippen LogP contribution in [0, 0.1) is 5.92 Å². The van der Waals surface area contributed by atoms with Crippen LogP contribution in [0.15, 0.2) is 18.2 Å². The fourth-order valence-electron chi connectivity index (χ4n) is 4.14. The molecule has 1 aromatic carbocycles. The molecule has 1 aromatic rings. The number of hydrogen-bond acceptors (Lipinski definition) is 5. The number of nitrogens with one attached hydrogen (secondary N) is 1. The first-order valence-corrected chi connectivity index (χ1v) is 10.2. The van der Waals surface area contributed by atoms with Crippen LogP contribution in [-0.2, 0) is 9.53 Å². The number of rotatable bonds is 6. The van der Waals surface area contributed by atoms with E-state index in [4.69, 9.17) is 4.74 Å². The number of esters is 1. The van der Waals surface area contributed by atoms with Crippen LogP contribution in [0.1, 0.15) is 83.4 Å². The Bertz CT molecular complexity index is 826. The molecule has 7 heteroatoms. The quantitative estimate of drug-likeness (QED) is 0.585. The minimum atomic E-state index is -0.767. The third-order valence-electron chi connectivity index (χ3n) is 5.62. The van der Waals surface area contributed by atoms with E-state index in [-0.39, 0.29) is 34.9 Å². The molecule has 1 aliphatic heterocycles. The molecule has 0 aromatic heterocycles. The average molecular weight is 400 g/mol. The van der Waals surface area contributed by atoms with Gasteiger partial charge in [-0.3, -0.25) is 19.3 Å². The number of carbonyl (C=O) groups excluding carboxylic acids is 4. The first kappa shape index (κ1) is 21.0. The Kier molecular flexibility index (Phi) is 6.35. The number of nitrogens with zero attached hydrogens (tertiary/aromatic N) is 1. The highest BCUT2D eigenvalue weighted by Crippen LogP contribution is 2.31. The summed E-state index contributed by atoms with van der Waals surface area (Å²) in [4.78, 5) is 51.7. The van der Waals surface area contributed by atoms with E-state index in [1.165, 1.54) is 30.2 Å². The Labute approximate surface area is 170 Å². The zero-order chi connectivity index (χ0) is 21.1. The first-order chi connectivity index (χ1) is 13.8. The molecule has 1 atom stereocenters. The largest absolute Gasteiger partial charge is 0.467 e. The lowest BCUT2D eigenvalue weighted by molar-refractivity contribution is -0.143. The summed E-state index contributed by atoms with van der Waals surface area (Å²) in [5.41, 5.74) is 0.837. The lowest BCUT2D eigenvalue weighted by atomic mass is 9.94. The normalized spacial score (nSPS) is 18.0. The van der Waals surface area contributed by atoms with Gasteiger partial charge >= 0.3 is 5.97 Å². The molecular formula is C22H28N2O5. The van der Waals surface area contributed by atoms with Gasteiger partial charge in [0.25, 0.3) is 17.7 Å². The number of ether oxygens (including phenoxy) is 1. The van der Waals surface area contributed by atoms with Crippen LogP contribution >= 0.6 is 0 Å². The minimum Gasteiger partial charge on any atom is -0.467 e. The summed E-state index contributed by atoms with van der Waals surface area (Å²) in [6.07, 6.45) is 5.24. The molecule has 7 nitrogen and oxygen atoms in total. The monoisotopic (exact) mass is 400 g/mol. The van der Waals surface area contributed by atoms with Crippen molar-refractivity contribution in [3.05, 3.63) is 34.9 Å². The summed E-state index contributed by atoms with van der Waals surface area (Å²) in [7, 11) is 1.28. The molecule has 1 saturated carbocycles. The van der Waals surface area contributed by atoms with Crippen molar-refractivity contribution in [1.29, 1.82) is 0 Å². The molecule has 2 aliphatic rings. The first-order valence-electron chi connectivity index (χ1n) is 10.2. The standard InChI is InChI=1S/C22H28N2O5/c1-13(2)11-18(22(28)29-3)23-19(25)14-9-10-16-17(12-14)21(27)24(20(16)26)15-7-5-4-6-8-15/h9-10,12-13,15,18H,4-8,11H2,1-3H3,(H,23,25). The van der Waals surface area contributed by atoms with Gasteiger partial charge in [0.2, 0.25) is 0 Å². The van der Waals surface area contributed by atoms with Crippen molar-refractivity contribution in [2.45, 2.75) is 64.5 Å². The maximum atomic E-state index is 12.9. The Morgan fingerprint density at radius 1 is 1.10 bits per heavy atom. The van der Waals surface area contributed by atoms with Crippen molar-refractivity contribution < 1.29 is 23.9 Å². The SMILES string of the molecule is COC(=O)C(CC(C)C)NC(=O)c1ccc2c(c1)C(=O)N(C1CCCCC1)C2=O. The molecule has 1 N–H and O–H groups in total. The summed E-state index contributed by atoms with van der Waals surface area (Å²) in [5.74, 6) is -1.42. The van der Waals surface area contributed by atoms with Crippen LogP contribution in [0.4, 0.5) is 0 Å². The minimum absolute atomic E-state index is 0.0665. The Hall–Kier alpha value is -2.70. The molecule has 0 radical (unpaired) electrons. The van der Waals surface area contributed by atoms with Crippen LogP contribution < -0.4 is 5.32 Å². The molecule has 1 unspecified atom stereocenters. The number of amides is 3. The zero-order valence-electron chi connectivity index (χ0n) is 17.2. The van der Waals surface area contributed by atoms with E-state index >= 15 is 0 Å². The Morgan fingerprint density at radius 3 is 2.38 bits per heavy atom. The summed E-state index contributed by atoms with van der Waals surface area (Å²) in [6, 6.07) is 3.67. The summed E-state index contributed by atoms with van der Waals surface area (Å²) in [6.45, 7) is 3.89. The fraction of sp³-hybridized carbons (Fsp3) is 0.545. The lowest BCUT2D eigenvalue weighted by Gasteiger charge is -2.29. The summed E-state index contributed by atoms with van der Waals surface area (Å²) < 4.78 is 4.78.